The Morgan fingerprint density at radius 1 is 1.29 bits per heavy atom. The Hall–Kier alpha value is -1.39. The third-order valence-electron chi connectivity index (χ3n) is 3.21. The highest BCUT2D eigenvalue weighted by Gasteiger charge is 2.09. The molecule has 0 aliphatic heterocycles. The first-order valence-electron chi connectivity index (χ1n) is 7.26. The Kier molecular flexibility index (Phi) is 6.21. The number of benzene rings is 1. The lowest BCUT2D eigenvalue weighted by molar-refractivity contribution is 0.312. The van der Waals surface area contributed by atoms with E-state index in [2.05, 4.69) is 46.1 Å². The van der Waals surface area contributed by atoms with E-state index in [4.69, 9.17) is 4.74 Å². The van der Waals surface area contributed by atoms with Gasteiger partial charge in [-0.25, -0.2) is 0 Å². The van der Waals surface area contributed by atoms with Gasteiger partial charge in [-0.2, -0.15) is 0 Å². The predicted molar refractivity (Wildman–Crippen MR) is 89.4 cm³/mol. The molecule has 0 saturated heterocycles. The van der Waals surface area contributed by atoms with Crippen molar-refractivity contribution >= 4 is 15.9 Å². The van der Waals surface area contributed by atoms with Crippen LogP contribution in [0.25, 0.3) is 0 Å². The summed E-state index contributed by atoms with van der Waals surface area (Å²) in [6, 6.07) is 12.3. The summed E-state index contributed by atoms with van der Waals surface area (Å²) in [5.74, 6) is 0.945. The number of halogens is 1. The van der Waals surface area contributed by atoms with Gasteiger partial charge in [0.15, 0.2) is 0 Å². The quantitative estimate of drug-likeness (QED) is 0.800. The molecule has 112 valence electrons. The summed E-state index contributed by atoms with van der Waals surface area (Å²) >= 11 is 3.52. The highest BCUT2D eigenvalue weighted by molar-refractivity contribution is 9.10. The van der Waals surface area contributed by atoms with Crippen LogP contribution >= 0.6 is 15.9 Å². The highest BCUT2D eigenvalue weighted by Crippen LogP contribution is 2.24. The molecule has 0 amide bonds. The number of rotatable bonds is 7. The fourth-order valence-corrected chi connectivity index (χ4v) is 2.45. The normalized spacial score (nSPS) is 12.1. The second-order valence-corrected chi connectivity index (χ2v) is 5.87. The maximum atomic E-state index is 5.80. The first kappa shape index (κ1) is 16.0. The van der Waals surface area contributed by atoms with Crippen molar-refractivity contribution in [1.29, 1.82) is 0 Å². The van der Waals surface area contributed by atoms with Crippen molar-refractivity contribution in [2.45, 2.75) is 32.9 Å². The largest absolute Gasteiger partial charge is 0.493 e. The number of nitrogens with one attached hydrogen (secondary N) is 1. The molecule has 2 rings (SSSR count). The third kappa shape index (κ3) is 4.83. The molecule has 4 heteroatoms. The van der Waals surface area contributed by atoms with Gasteiger partial charge >= 0.3 is 0 Å². The van der Waals surface area contributed by atoms with Gasteiger partial charge in [0.1, 0.15) is 5.75 Å². The number of hydrogen-bond acceptors (Lipinski definition) is 3. The summed E-state index contributed by atoms with van der Waals surface area (Å²) in [4.78, 5) is 4.38. The minimum Gasteiger partial charge on any atom is -0.493 e. The highest BCUT2D eigenvalue weighted by atomic mass is 79.9. The number of aromatic nitrogens is 1. The van der Waals surface area contributed by atoms with Crippen LogP contribution in [0.15, 0.2) is 47.1 Å². The molecule has 0 bridgehead atoms. The first-order valence-corrected chi connectivity index (χ1v) is 8.05. The van der Waals surface area contributed by atoms with Crippen LogP contribution in [0, 0.1) is 0 Å². The smallest absolute Gasteiger partial charge is 0.123 e. The molecular formula is C17H21BrN2O. The summed E-state index contributed by atoms with van der Waals surface area (Å²) in [6.45, 7) is 5.72. The van der Waals surface area contributed by atoms with Crippen molar-refractivity contribution in [3.05, 3.63) is 58.3 Å². The lowest BCUT2D eigenvalue weighted by atomic mass is 10.1. The molecule has 0 aliphatic carbocycles. The van der Waals surface area contributed by atoms with Crippen molar-refractivity contribution in [1.82, 2.24) is 10.3 Å². The molecule has 1 heterocycles. The van der Waals surface area contributed by atoms with Gasteiger partial charge in [0, 0.05) is 28.8 Å². The Labute approximate surface area is 134 Å². The van der Waals surface area contributed by atoms with Crippen LogP contribution in [0.3, 0.4) is 0 Å². The van der Waals surface area contributed by atoms with Crippen LogP contribution in [0.5, 0.6) is 5.75 Å². The molecule has 0 aliphatic rings. The van der Waals surface area contributed by atoms with Crippen LogP contribution in [0.2, 0.25) is 0 Å². The van der Waals surface area contributed by atoms with Crippen LogP contribution in [0.4, 0.5) is 0 Å². The van der Waals surface area contributed by atoms with E-state index in [9.17, 15) is 0 Å². The van der Waals surface area contributed by atoms with Gasteiger partial charge in [0.2, 0.25) is 0 Å². The van der Waals surface area contributed by atoms with E-state index >= 15 is 0 Å². The maximum absolute atomic E-state index is 5.80. The van der Waals surface area contributed by atoms with Crippen molar-refractivity contribution in [2.75, 3.05) is 6.61 Å². The van der Waals surface area contributed by atoms with E-state index in [1.165, 1.54) is 0 Å². The van der Waals surface area contributed by atoms with Crippen molar-refractivity contribution in [3.63, 3.8) is 0 Å². The van der Waals surface area contributed by atoms with E-state index in [-0.39, 0.29) is 6.04 Å². The Balaban J connectivity index is 2.03. The Bertz CT molecular complexity index is 560. The van der Waals surface area contributed by atoms with E-state index in [0.29, 0.717) is 0 Å². The van der Waals surface area contributed by atoms with Crippen LogP contribution in [-0.4, -0.2) is 11.6 Å². The van der Waals surface area contributed by atoms with E-state index in [1.807, 2.05) is 36.5 Å². The molecule has 0 saturated carbocycles. The molecule has 2 aromatic rings. The van der Waals surface area contributed by atoms with E-state index in [1.54, 1.807) is 0 Å². The molecule has 1 aromatic heterocycles. The number of nitrogens with zero attached hydrogens (tertiary/aromatic N) is 1. The van der Waals surface area contributed by atoms with Crippen molar-refractivity contribution in [3.8, 4) is 5.75 Å². The number of ether oxygens (including phenoxy) is 1. The fraction of sp³-hybridized carbons (Fsp3) is 0.353. The average Bonchev–Trinajstić information content (AvgIpc) is 2.52. The zero-order chi connectivity index (χ0) is 15.1. The van der Waals surface area contributed by atoms with E-state index in [0.717, 1.165) is 41.1 Å². The Morgan fingerprint density at radius 3 is 2.86 bits per heavy atom. The summed E-state index contributed by atoms with van der Waals surface area (Å²) in [7, 11) is 0. The fourth-order valence-electron chi connectivity index (χ4n) is 2.04. The van der Waals surface area contributed by atoms with Gasteiger partial charge in [0.05, 0.1) is 12.3 Å². The monoisotopic (exact) mass is 348 g/mol. The molecule has 0 fully saturated rings. The SMILES string of the molecule is CCCOc1ccc(Br)cc1CNC(C)c1ccccn1. The zero-order valence-corrected chi connectivity index (χ0v) is 14.1. The van der Waals surface area contributed by atoms with Crippen molar-refractivity contribution < 1.29 is 4.74 Å². The molecule has 0 radical (unpaired) electrons. The second kappa shape index (κ2) is 8.15. The predicted octanol–water partition coefficient (Wildman–Crippen LogP) is 4.48. The van der Waals surface area contributed by atoms with E-state index < -0.39 is 0 Å². The van der Waals surface area contributed by atoms with Gasteiger partial charge in [0.25, 0.3) is 0 Å². The van der Waals surface area contributed by atoms with Gasteiger partial charge in [-0.1, -0.05) is 28.9 Å². The molecule has 21 heavy (non-hydrogen) atoms. The lowest BCUT2D eigenvalue weighted by Crippen LogP contribution is -2.19. The van der Waals surface area contributed by atoms with Crippen molar-refractivity contribution in [2.24, 2.45) is 0 Å². The van der Waals surface area contributed by atoms with Crippen LogP contribution in [-0.2, 0) is 6.54 Å². The average molecular weight is 349 g/mol. The minimum atomic E-state index is 0.198. The molecule has 1 unspecified atom stereocenters. The number of hydrogen-bond donors (Lipinski definition) is 1. The summed E-state index contributed by atoms with van der Waals surface area (Å²) in [6.07, 6.45) is 2.83. The minimum absolute atomic E-state index is 0.198. The molecule has 1 aromatic carbocycles. The molecular weight excluding hydrogens is 328 g/mol. The Morgan fingerprint density at radius 2 is 2.14 bits per heavy atom. The molecule has 3 nitrogen and oxygen atoms in total. The van der Waals surface area contributed by atoms with Crippen LogP contribution < -0.4 is 10.1 Å². The molecule has 0 spiro atoms. The first-order chi connectivity index (χ1) is 10.2. The summed E-state index contributed by atoms with van der Waals surface area (Å²) in [5, 5.41) is 3.50. The number of pyridine rings is 1. The standard InChI is InChI=1S/C17H21BrN2O/c1-3-10-21-17-8-7-15(18)11-14(17)12-20-13(2)16-6-4-5-9-19-16/h4-9,11,13,20H,3,10,12H2,1-2H3. The van der Waals surface area contributed by atoms with Crippen LogP contribution in [0.1, 0.15) is 37.6 Å². The summed E-state index contributed by atoms with van der Waals surface area (Å²) < 4.78 is 6.87. The van der Waals surface area contributed by atoms with Gasteiger partial charge in [-0.15, -0.1) is 0 Å². The third-order valence-corrected chi connectivity index (χ3v) is 3.71. The van der Waals surface area contributed by atoms with Gasteiger partial charge < -0.3 is 10.1 Å². The van der Waals surface area contributed by atoms with Gasteiger partial charge in [-0.3, -0.25) is 4.98 Å². The zero-order valence-electron chi connectivity index (χ0n) is 12.5. The topological polar surface area (TPSA) is 34.1 Å². The summed E-state index contributed by atoms with van der Waals surface area (Å²) in [5.41, 5.74) is 2.20. The molecule has 1 atom stereocenters. The molecule has 1 N–H and O–H groups in total. The lowest BCUT2D eigenvalue weighted by Gasteiger charge is -2.16. The van der Waals surface area contributed by atoms with Gasteiger partial charge in [-0.05, 0) is 43.7 Å². The maximum Gasteiger partial charge on any atom is 0.123 e. The second-order valence-electron chi connectivity index (χ2n) is 4.96.